The summed E-state index contributed by atoms with van der Waals surface area (Å²) < 4.78 is 0. The van der Waals surface area contributed by atoms with Crippen molar-refractivity contribution in [2.45, 2.75) is 53.1 Å². The van der Waals surface area contributed by atoms with Crippen molar-refractivity contribution >= 4 is 0 Å². The van der Waals surface area contributed by atoms with E-state index in [0.29, 0.717) is 17.8 Å². The fourth-order valence-corrected chi connectivity index (χ4v) is 3.17. The fourth-order valence-electron chi connectivity index (χ4n) is 3.17. The first-order chi connectivity index (χ1) is 7.58. The van der Waals surface area contributed by atoms with Gasteiger partial charge in [-0.2, -0.15) is 0 Å². The third-order valence-corrected chi connectivity index (χ3v) is 4.10. The zero-order valence-corrected chi connectivity index (χ0v) is 11.4. The van der Waals surface area contributed by atoms with Gasteiger partial charge in [0, 0.05) is 12.5 Å². The Morgan fingerprint density at radius 1 is 1.19 bits per heavy atom. The SMILES string of the molecule is CCCN(CC)CC1C(C)CC(C)CC1O. The first kappa shape index (κ1) is 14.0. The van der Waals surface area contributed by atoms with Crippen LogP contribution in [0, 0.1) is 17.8 Å². The lowest BCUT2D eigenvalue weighted by molar-refractivity contribution is -0.00126. The topological polar surface area (TPSA) is 23.5 Å². The van der Waals surface area contributed by atoms with Crippen molar-refractivity contribution in [3.8, 4) is 0 Å². The molecule has 1 rings (SSSR count). The van der Waals surface area contributed by atoms with Crippen LogP contribution in [-0.2, 0) is 0 Å². The summed E-state index contributed by atoms with van der Waals surface area (Å²) in [5.41, 5.74) is 0. The maximum Gasteiger partial charge on any atom is 0.0585 e. The highest BCUT2D eigenvalue weighted by Gasteiger charge is 2.33. The molecule has 1 saturated carbocycles. The average Bonchev–Trinajstić information content (AvgIpc) is 2.21. The smallest absolute Gasteiger partial charge is 0.0585 e. The summed E-state index contributed by atoms with van der Waals surface area (Å²) in [5.74, 6) is 1.86. The van der Waals surface area contributed by atoms with E-state index in [1.165, 1.54) is 19.4 Å². The quantitative estimate of drug-likeness (QED) is 0.780. The number of rotatable bonds is 5. The Labute approximate surface area is 101 Å². The lowest BCUT2D eigenvalue weighted by Crippen LogP contribution is -2.42. The number of nitrogens with zero attached hydrogens (tertiary/aromatic N) is 1. The highest BCUT2D eigenvalue weighted by molar-refractivity contribution is 4.84. The average molecular weight is 227 g/mol. The van der Waals surface area contributed by atoms with E-state index in [2.05, 4.69) is 32.6 Å². The first-order valence-electron chi connectivity index (χ1n) is 6.98. The van der Waals surface area contributed by atoms with Crippen molar-refractivity contribution < 1.29 is 5.11 Å². The van der Waals surface area contributed by atoms with Crippen LogP contribution in [0.2, 0.25) is 0 Å². The van der Waals surface area contributed by atoms with E-state index in [9.17, 15) is 5.11 Å². The lowest BCUT2D eigenvalue weighted by atomic mass is 9.73. The molecule has 96 valence electrons. The van der Waals surface area contributed by atoms with Crippen LogP contribution >= 0.6 is 0 Å². The molecule has 4 unspecified atom stereocenters. The molecular weight excluding hydrogens is 198 g/mol. The van der Waals surface area contributed by atoms with E-state index >= 15 is 0 Å². The molecular formula is C14H29NO. The maximum atomic E-state index is 10.2. The number of hydrogen-bond acceptors (Lipinski definition) is 2. The summed E-state index contributed by atoms with van der Waals surface area (Å²) in [7, 11) is 0. The summed E-state index contributed by atoms with van der Waals surface area (Å²) >= 11 is 0. The van der Waals surface area contributed by atoms with Crippen molar-refractivity contribution in [3.63, 3.8) is 0 Å². The van der Waals surface area contributed by atoms with Crippen LogP contribution in [0.25, 0.3) is 0 Å². The van der Waals surface area contributed by atoms with Gasteiger partial charge in [-0.05, 0) is 44.2 Å². The summed E-state index contributed by atoms with van der Waals surface area (Å²) in [6, 6.07) is 0. The summed E-state index contributed by atoms with van der Waals surface area (Å²) in [4.78, 5) is 2.49. The van der Waals surface area contributed by atoms with Crippen LogP contribution in [0.15, 0.2) is 0 Å². The normalized spacial score (nSPS) is 35.6. The Morgan fingerprint density at radius 3 is 2.38 bits per heavy atom. The minimum absolute atomic E-state index is 0.0790. The Balaban J connectivity index is 2.50. The lowest BCUT2D eigenvalue weighted by Gasteiger charge is -2.39. The molecule has 0 aromatic heterocycles. The van der Waals surface area contributed by atoms with E-state index in [0.717, 1.165) is 19.5 Å². The van der Waals surface area contributed by atoms with Crippen molar-refractivity contribution in [1.29, 1.82) is 0 Å². The second kappa shape index (κ2) is 6.61. The second-order valence-electron chi connectivity index (χ2n) is 5.68. The van der Waals surface area contributed by atoms with E-state index in [4.69, 9.17) is 0 Å². The van der Waals surface area contributed by atoms with Crippen molar-refractivity contribution in [1.82, 2.24) is 4.90 Å². The second-order valence-corrected chi connectivity index (χ2v) is 5.68. The van der Waals surface area contributed by atoms with Gasteiger partial charge in [-0.3, -0.25) is 0 Å². The van der Waals surface area contributed by atoms with Gasteiger partial charge in [-0.1, -0.05) is 27.7 Å². The van der Waals surface area contributed by atoms with Gasteiger partial charge in [0.2, 0.25) is 0 Å². The number of aliphatic hydroxyl groups excluding tert-OH is 1. The van der Waals surface area contributed by atoms with Crippen LogP contribution in [0.3, 0.4) is 0 Å². The highest BCUT2D eigenvalue weighted by atomic mass is 16.3. The van der Waals surface area contributed by atoms with Gasteiger partial charge in [0.1, 0.15) is 0 Å². The molecule has 2 heteroatoms. The Morgan fingerprint density at radius 2 is 1.88 bits per heavy atom. The van der Waals surface area contributed by atoms with E-state index in [1.54, 1.807) is 0 Å². The van der Waals surface area contributed by atoms with Crippen molar-refractivity contribution in [2.75, 3.05) is 19.6 Å². The zero-order valence-electron chi connectivity index (χ0n) is 11.4. The summed E-state index contributed by atoms with van der Waals surface area (Å²) in [6.07, 6.45) is 3.41. The molecule has 1 fully saturated rings. The van der Waals surface area contributed by atoms with Gasteiger partial charge in [-0.15, -0.1) is 0 Å². The van der Waals surface area contributed by atoms with Crippen LogP contribution in [-0.4, -0.2) is 35.7 Å². The third kappa shape index (κ3) is 3.74. The molecule has 0 spiro atoms. The molecule has 1 aliphatic carbocycles. The molecule has 0 aromatic carbocycles. The van der Waals surface area contributed by atoms with Crippen LogP contribution in [0.5, 0.6) is 0 Å². The third-order valence-electron chi connectivity index (χ3n) is 4.10. The largest absolute Gasteiger partial charge is 0.393 e. The van der Waals surface area contributed by atoms with Gasteiger partial charge in [0.25, 0.3) is 0 Å². The fraction of sp³-hybridized carbons (Fsp3) is 1.00. The van der Waals surface area contributed by atoms with E-state index in [-0.39, 0.29) is 6.10 Å². The molecule has 16 heavy (non-hydrogen) atoms. The minimum Gasteiger partial charge on any atom is -0.393 e. The van der Waals surface area contributed by atoms with Gasteiger partial charge < -0.3 is 10.0 Å². The van der Waals surface area contributed by atoms with Gasteiger partial charge in [-0.25, -0.2) is 0 Å². The molecule has 0 bridgehead atoms. The Bertz CT molecular complexity index is 183. The van der Waals surface area contributed by atoms with Gasteiger partial charge >= 0.3 is 0 Å². The van der Waals surface area contributed by atoms with Crippen molar-refractivity contribution in [2.24, 2.45) is 17.8 Å². The van der Waals surface area contributed by atoms with Crippen LogP contribution in [0.1, 0.15) is 47.0 Å². The van der Waals surface area contributed by atoms with Crippen LogP contribution in [0.4, 0.5) is 0 Å². The monoisotopic (exact) mass is 227 g/mol. The maximum absolute atomic E-state index is 10.2. The van der Waals surface area contributed by atoms with Crippen LogP contribution < -0.4 is 0 Å². The van der Waals surface area contributed by atoms with Crippen molar-refractivity contribution in [3.05, 3.63) is 0 Å². The Hall–Kier alpha value is -0.0800. The summed E-state index contributed by atoms with van der Waals surface area (Å²) in [6.45, 7) is 12.4. The standard InChI is InChI=1S/C14H29NO/c1-5-7-15(6-2)10-13-12(4)8-11(3)9-14(13)16/h11-14,16H,5-10H2,1-4H3. The molecule has 0 radical (unpaired) electrons. The van der Waals surface area contributed by atoms with Gasteiger partial charge in [0.15, 0.2) is 0 Å². The molecule has 1 aliphatic rings. The van der Waals surface area contributed by atoms with E-state index < -0.39 is 0 Å². The molecule has 1 N–H and O–H groups in total. The number of hydrogen-bond donors (Lipinski definition) is 1. The van der Waals surface area contributed by atoms with Gasteiger partial charge in [0.05, 0.1) is 6.10 Å². The molecule has 0 aromatic rings. The molecule has 0 aliphatic heterocycles. The predicted octanol–water partition coefficient (Wildman–Crippen LogP) is 2.76. The zero-order chi connectivity index (χ0) is 12.1. The minimum atomic E-state index is -0.0790. The number of aliphatic hydroxyl groups is 1. The first-order valence-corrected chi connectivity index (χ1v) is 6.98. The predicted molar refractivity (Wildman–Crippen MR) is 69.5 cm³/mol. The summed E-state index contributed by atoms with van der Waals surface area (Å²) in [5, 5.41) is 10.2. The highest BCUT2D eigenvalue weighted by Crippen LogP contribution is 2.34. The molecule has 0 heterocycles. The Kier molecular flexibility index (Phi) is 5.77. The molecule has 2 nitrogen and oxygen atoms in total. The molecule has 4 atom stereocenters. The molecule has 0 amide bonds. The molecule has 0 saturated heterocycles. The van der Waals surface area contributed by atoms with E-state index in [1.807, 2.05) is 0 Å².